The molecule has 2 aromatic heterocycles. The second-order valence-electron chi connectivity index (χ2n) is 15.5. The summed E-state index contributed by atoms with van der Waals surface area (Å²) in [6.45, 7) is 0. The number of fused-ring (bicyclic) bond motifs is 9. The Labute approximate surface area is 357 Å². The van der Waals surface area contributed by atoms with E-state index in [1.807, 2.05) is 11.3 Å². The Hall–Kier alpha value is -7.79. The van der Waals surface area contributed by atoms with Crippen LogP contribution in [0.2, 0.25) is 0 Å². The minimum atomic E-state index is 0.910. The van der Waals surface area contributed by atoms with Crippen molar-refractivity contribution in [1.82, 2.24) is 9.55 Å². The molecular weight excluding hydrogens is 759 g/mol. The fourth-order valence-electron chi connectivity index (χ4n) is 9.08. The molecule has 0 atom stereocenters. The number of aromatic nitrogens is 2. The molecule has 61 heavy (non-hydrogen) atoms. The highest BCUT2D eigenvalue weighted by Crippen LogP contribution is 2.42. The molecule has 0 saturated heterocycles. The van der Waals surface area contributed by atoms with Gasteiger partial charge in [0.05, 0.1) is 11.0 Å². The van der Waals surface area contributed by atoms with Crippen molar-refractivity contribution in [2.45, 2.75) is 0 Å². The molecule has 0 radical (unpaired) electrons. The predicted molar refractivity (Wildman–Crippen MR) is 260 cm³/mol. The molecule has 12 rings (SSSR count). The van der Waals surface area contributed by atoms with E-state index >= 15 is 0 Å². The Morgan fingerprint density at radius 2 is 0.803 bits per heavy atom. The van der Waals surface area contributed by atoms with Gasteiger partial charge < -0.3 is 4.90 Å². The van der Waals surface area contributed by atoms with Crippen molar-refractivity contribution < 1.29 is 0 Å². The lowest BCUT2D eigenvalue weighted by Crippen LogP contribution is -2.10. The molecule has 0 aliphatic heterocycles. The van der Waals surface area contributed by atoms with Gasteiger partial charge in [0.15, 0.2) is 0 Å². The number of hydrogen-bond acceptors (Lipinski definition) is 3. The molecule has 0 spiro atoms. The van der Waals surface area contributed by atoms with Crippen LogP contribution in [0.25, 0.3) is 92.1 Å². The summed E-state index contributed by atoms with van der Waals surface area (Å²) in [6, 6.07) is 80.9. The summed E-state index contributed by atoms with van der Waals surface area (Å²) in [5, 5.41) is 7.41. The SMILES string of the molecule is c1ccc(-c2ccc(N(c3ccc(-c4ccc5sc6ccccc6c5c4)cc3)c3ccc(-c4nc5c6ccccc6c6ccccc6c5n4-c4ccccc4)cc3)cc2)cc1. The summed E-state index contributed by atoms with van der Waals surface area (Å²) < 4.78 is 4.98. The van der Waals surface area contributed by atoms with Crippen molar-refractivity contribution in [3.05, 3.63) is 224 Å². The highest BCUT2D eigenvalue weighted by molar-refractivity contribution is 7.25. The molecule has 2 heterocycles. The number of rotatable bonds is 7. The van der Waals surface area contributed by atoms with Crippen molar-refractivity contribution in [2.24, 2.45) is 0 Å². The topological polar surface area (TPSA) is 21.1 Å². The third-order valence-electron chi connectivity index (χ3n) is 12.0. The van der Waals surface area contributed by atoms with E-state index in [-0.39, 0.29) is 0 Å². The van der Waals surface area contributed by atoms with Gasteiger partial charge >= 0.3 is 0 Å². The van der Waals surface area contributed by atoms with Gasteiger partial charge in [-0.25, -0.2) is 4.98 Å². The number of anilines is 3. The lowest BCUT2D eigenvalue weighted by molar-refractivity contribution is 1.11. The van der Waals surface area contributed by atoms with Crippen LogP contribution in [0.5, 0.6) is 0 Å². The van der Waals surface area contributed by atoms with Crippen molar-refractivity contribution in [3.63, 3.8) is 0 Å². The van der Waals surface area contributed by atoms with E-state index < -0.39 is 0 Å². The van der Waals surface area contributed by atoms with Crippen LogP contribution >= 0.6 is 11.3 Å². The van der Waals surface area contributed by atoms with Gasteiger partial charge in [0.25, 0.3) is 0 Å². The molecular formula is C57H37N3S. The summed E-state index contributed by atoms with van der Waals surface area (Å²) in [5.41, 5.74) is 12.3. The molecule has 0 amide bonds. The van der Waals surface area contributed by atoms with Gasteiger partial charge in [0.1, 0.15) is 5.82 Å². The Bertz CT molecular complexity index is 3550. The van der Waals surface area contributed by atoms with Crippen LogP contribution in [-0.4, -0.2) is 9.55 Å². The molecule has 10 aromatic carbocycles. The van der Waals surface area contributed by atoms with Gasteiger partial charge in [-0.15, -0.1) is 11.3 Å². The first-order valence-electron chi connectivity index (χ1n) is 20.7. The largest absolute Gasteiger partial charge is 0.311 e. The van der Waals surface area contributed by atoms with Crippen LogP contribution in [0.4, 0.5) is 17.1 Å². The van der Waals surface area contributed by atoms with E-state index in [1.165, 1.54) is 58.6 Å². The monoisotopic (exact) mass is 795 g/mol. The molecule has 0 aliphatic rings. The van der Waals surface area contributed by atoms with E-state index in [9.17, 15) is 0 Å². The second-order valence-corrected chi connectivity index (χ2v) is 16.6. The van der Waals surface area contributed by atoms with Crippen LogP contribution in [0.15, 0.2) is 224 Å². The summed E-state index contributed by atoms with van der Waals surface area (Å²) in [7, 11) is 0. The zero-order chi connectivity index (χ0) is 40.3. The molecule has 0 N–H and O–H groups in total. The maximum atomic E-state index is 5.49. The molecule has 0 saturated carbocycles. The maximum Gasteiger partial charge on any atom is 0.145 e. The van der Waals surface area contributed by atoms with Gasteiger partial charge in [-0.05, 0) is 112 Å². The first-order chi connectivity index (χ1) is 30.2. The third-order valence-corrected chi connectivity index (χ3v) is 13.2. The fraction of sp³-hybridized carbons (Fsp3) is 0. The molecule has 3 nitrogen and oxygen atoms in total. The lowest BCUT2D eigenvalue weighted by atomic mass is 10.00. The molecule has 0 aliphatic carbocycles. The molecule has 0 bridgehead atoms. The van der Waals surface area contributed by atoms with Gasteiger partial charge in [0, 0.05) is 59.3 Å². The quantitative estimate of drug-likeness (QED) is 0.150. The van der Waals surface area contributed by atoms with Crippen molar-refractivity contribution >= 4 is 81.1 Å². The zero-order valence-electron chi connectivity index (χ0n) is 33.1. The summed E-state index contributed by atoms with van der Waals surface area (Å²) in [4.78, 5) is 7.83. The first-order valence-corrected chi connectivity index (χ1v) is 21.5. The van der Waals surface area contributed by atoms with Gasteiger partial charge in [0.2, 0.25) is 0 Å². The number of nitrogens with zero attached hydrogens (tertiary/aromatic N) is 3. The molecule has 0 unspecified atom stereocenters. The van der Waals surface area contributed by atoms with E-state index in [2.05, 4.69) is 234 Å². The van der Waals surface area contributed by atoms with Crippen LogP contribution in [0, 0.1) is 0 Å². The van der Waals surface area contributed by atoms with Crippen molar-refractivity contribution in [1.29, 1.82) is 0 Å². The van der Waals surface area contributed by atoms with E-state index in [0.717, 1.165) is 50.6 Å². The Morgan fingerprint density at radius 1 is 0.344 bits per heavy atom. The molecule has 4 heteroatoms. The number of thiophene rings is 1. The predicted octanol–water partition coefficient (Wildman–Crippen LogP) is 16.2. The standard InChI is InChI=1S/C57H37N3S/c1-3-13-38(14-4-1)39-23-30-44(31-24-39)59(45-32-25-40(26-33-45)42-29-36-54-52(37-42)49-19-11-12-22-53(49)61-54)46-34-27-41(28-35-46)57-58-55-50-20-9-7-17-47(50)48-18-8-10-21-51(48)56(55)60(57)43-15-5-2-6-16-43/h1-37H. The Balaban J connectivity index is 0.984. The maximum absolute atomic E-state index is 5.49. The normalized spacial score (nSPS) is 11.6. The Kier molecular flexibility index (Phi) is 8.36. The second kappa shape index (κ2) is 14.5. The smallest absolute Gasteiger partial charge is 0.145 e. The molecule has 12 aromatic rings. The number of para-hydroxylation sites is 1. The van der Waals surface area contributed by atoms with E-state index in [4.69, 9.17) is 4.98 Å². The lowest BCUT2D eigenvalue weighted by Gasteiger charge is -2.26. The average molecular weight is 796 g/mol. The van der Waals surface area contributed by atoms with Gasteiger partial charge in [-0.3, -0.25) is 4.57 Å². The van der Waals surface area contributed by atoms with Gasteiger partial charge in [-0.2, -0.15) is 0 Å². The zero-order valence-corrected chi connectivity index (χ0v) is 33.9. The number of benzene rings is 10. The summed E-state index contributed by atoms with van der Waals surface area (Å²) >= 11 is 1.86. The van der Waals surface area contributed by atoms with Crippen LogP contribution < -0.4 is 4.90 Å². The highest BCUT2D eigenvalue weighted by atomic mass is 32.1. The summed E-state index contributed by atoms with van der Waals surface area (Å²) in [5.74, 6) is 0.910. The van der Waals surface area contributed by atoms with Gasteiger partial charge in [-0.1, -0.05) is 146 Å². The number of imidazole rings is 1. The first kappa shape index (κ1) is 35.2. The van der Waals surface area contributed by atoms with Crippen molar-refractivity contribution in [2.75, 3.05) is 4.90 Å². The molecule has 286 valence electrons. The minimum absolute atomic E-state index is 0.910. The highest BCUT2D eigenvalue weighted by Gasteiger charge is 2.21. The average Bonchev–Trinajstić information content (AvgIpc) is 3.93. The third kappa shape index (κ3) is 5.99. The van der Waals surface area contributed by atoms with Crippen LogP contribution in [0.3, 0.4) is 0 Å². The van der Waals surface area contributed by atoms with E-state index in [0.29, 0.717) is 0 Å². The Morgan fingerprint density at radius 3 is 1.46 bits per heavy atom. The minimum Gasteiger partial charge on any atom is -0.311 e. The summed E-state index contributed by atoms with van der Waals surface area (Å²) in [6.07, 6.45) is 0. The fourth-order valence-corrected chi connectivity index (χ4v) is 10.2. The number of hydrogen-bond donors (Lipinski definition) is 0. The van der Waals surface area contributed by atoms with Crippen molar-refractivity contribution in [3.8, 4) is 39.3 Å². The van der Waals surface area contributed by atoms with E-state index in [1.54, 1.807) is 0 Å². The van der Waals surface area contributed by atoms with Crippen LogP contribution in [-0.2, 0) is 0 Å². The van der Waals surface area contributed by atoms with Crippen LogP contribution in [0.1, 0.15) is 0 Å². The molecule has 0 fully saturated rings.